The van der Waals surface area contributed by atoms with E-state index in [1.54, 1.807) is 17.9 Å². The van der Waals surface area contributed by atoms with Gasteiger partial charge in [0.05, 0.1) is 18.4 Å². The quantitative estimate of drug-likeness (QED) is 0.928. The molecule has 0 aliphatic carbocycles. The second-order valence-corrected chi connectivity index (χ2v) is 3.77. The Balaban J connectivity index is 1.94. The second-order valence-electron chi connectivity index (χ2n) is 3.77. The van der Waals surface area contributed by atoms with E-state index in [0.717, 1.165) is 5.69 Å². The number of anilines is 1. The fourth-order valence-electron chi connectivity index (χ4n) is 1.44. The molecule has 19 heavy (non-hydrogen) atoms. The van der Waals surface area contributed by atoms with Crippen molar-refractivity contribution >= 4 is 5.69 Å². The van der Waals surface area contributed by atoms with Gasteiger partial charge in [-0.05, 0) is 24.3 Å². The maximum Gasteiger partial charge on any atom is 0.573 e. The zero-order chi connectivity index (χ0) is 13.9. The molecule has 0 fully saturated rings. The summed E-state index contributed by atoms with van der Waals surface area (Å²) in [5.74, 6) is -0.250. The van der Waals surface area contributed by atoms with E-state index in [0.29, 0.717) is 12.2 Å². The Hall–Kier alpha value is -2.25. The SMILES string of the molecule is Cn1nncc1CNc1ccc(OC(F)(F)F)cc1. The minimum absolute atomic E-state index is 0.250. The Bertz CT molecular complexity index is 536. The number of hydrogen-bond acceptors (Lipinski definition) is 4. The molecule has 0 spiro atoms. The van der Waals surface area contributed by atoms with Crippen LogP contribution in [0.25, 0.3) is 0 Å². The van der Waals surface area contributed by atoms with E-state index < -0.39 is 6.36 Å². The first-order valence-electron chi connectivity index (χ1n) is 5.37. The molecule has 102 valence electrons. The van der Waals surface area contributed by atoms with Gasteiger partial charge in [-0.3, -0.25) is 4.68 Å². The summed E-state index contributed by atoms with van der Waals surface area (Å²) in [6, 6.07) is 5.50. The molecule has 0 aliphatic heterocycles. The average Bonchev–Trinajstić information content (AvgIpc) is 2.72. The van der Waals surface area contributed by atoms with Crippen LogP contribution in [0.4, 0.5) is 18.9 Å². The zero-order valence-corrected chi connectivity index (χ0v) is 9.98. The number of rotatable bonds is 4. The van der Waals surface area contributed by atoms with Crippen LogP contribution in [0, 0.1) is 0 Å². The molecule has 0 unspecified atom stereocenters. The monoisotopic (exact) mass is 272 g/mol. The van der Waals surface area contributed by atoms with Gasteiger partial charge in [-0.2, -0.15) is 0 Å². The second kappa shape index (κ2) is 5.17. The van der Waals surface area contributed by atoms with Crippen LogP contribution >= 0.6 is 0 Å². The topological polar surface area (TPSA) is 52.0 Å². The Morgan fingerprint density at radius 3 is 2.47 bits per heavy atom. The van der Waals surface area contributed by atoms with Crippen molar-refractivity contribution in [2.24, 2.45) is 7.05 Å². The molecule has 1 aromatic carbocycles. The van der Waals surface area contributed by atoms with Crippen molar-refractivity contribution in [2.45, 2.75) is 12.9 Å². The Morgan fingerprint density at radius 1 is 1.26 bits per heavy atom. The maximum absolute atomic E-state index is 12.0. The summed E-state index contributed by atoms with van der Waals surface area (Å²) in [6.45, 7) is 0.475. The molecule has 0 amide bonds. The van der Waals surface area contributed by atoms with Gasteiger partial charge in [0, 0.05) is 12.7 Å². The molecule has 0 saturated heterocycles. The third kappa shape index (κ3) is 3.87. The van der Waals surface area contributed by atoms with Crippen molar-refractivity contribution in [1.82, 2.24) is 15.0 Å². The van der Waals surface area contributed by atoms with E-state index in [2.05, 4.69) is 20.4 Å². The molecule has 0 bridgehead atoms. The van der Waals surface area contributed by atoms with Gasteiger partial charge in [0.1, 0.15) is 5.75 Å². The summed E-state index contributed by atoms with van der Waals surface area (Å²) in [5.41, 5.74) is 1.53. The first-order chi connectivity index (χ1) is 8.94. The summed E-state index contributed by atoms with van der Waals surface area (Å²) in [6.07, 6.45) is -3.07. The predicted octanol–water partition coefficient (Wildman–Crippen LogP) is 2.33. The van der Waals surface area contributed by atoms with Gasteiger partial charge >= 0.3 is 6.36 Å². The Labute approximate surface area is 107 Å². The van der Waals surface area contributed by atoms with Gasteiger partial charge in [0.2, 0.25) is 0 Å². The van der Waals surface area contributed by atoms with E-state index >= 15 is 0 Å². The van der Waals surface area contributed by atoms with Gasteiger partial charge in [-0.15, -0.1) is 18.3 Å². The standard InChI is InChI=1S/C11H11F3N4O/c1-18-9(7-16-17-18)6-15-8-2-4-10(5-3-8)19-11(12,13)14/h2-5,7,15H,6H2,1H3. The number of halogens is 3. The summed E-state index contributed by atoms with van der Waals surface area (Å²) in [4.78, 5) is 0. The highest BCUT2D eigenvalue weighted by Gasteiger charge is 2.30. The highest BCUT2D eigenvalue weighted by Crippen LogP contribution is 2.24. The molecule has 0 atom stereocenters. The van der Waals surface area contributed by atoms with Crippen LogP contribution in [-0.2, 0) is 13.6 Å². The number of benzene rings is 1. The molecular weight excluding hydrogens is 261 g/mol. The molecule has 1 aromatic heterocycles. The number of aryl methyl sites for hydroxylation is 1. The number of nitrogens with zero attached hydrogens (tertiary/aromatic N) is 3. The molecule has 2 rings (SSSR count). The first-order valence-corrected chi connectivity index (χ1v) is 5.37. The van der Waals surface area contributed by atoms with Crippen LogP contribution < -0.4 is 10.1 Å². The Kier molecular flexibility index (Phi) is 3.59. The lowest BCUT2D eigenvalue weighted by atomic mass is 10.3. The van der Waals surface area contributed by atoms with Crippen LogP contribution in [-0.4, -0.2) is 21.4 Å². The number of aromatic nitrogens is 3. The van der Waals surface area contributed by atoms with Crippen LogP contribution in [0.1, 0.15) is 5.69 Å². The van der Waals surface area contributed by atoms with Crippen molar-refractivity contribution in [1.29, 1.82) is 0 Å². The molecule has 0 radical (unpaired) electrons. The lowest BCUT2D eigenvalue weighted by molar-refractivity contribution is -0.274. The predicted molar refractivity (Wildman–Crippen MR) is 61.5 cm³/mol. The number of ether oxygens (including phenoxy) is 1. The van der Waals surface area contributed by atoms with E-state index in [4.69, 9.17) is 0 Å². The minimum Gasteiger partial charge on any atom is -0.406 e. The highest BCUT2D eigenvalue weighted by molar-refractivity contribution is 5.46. The van der Waals surface area contributed by atoms with E-state index in [-0.39, 0.29) is 5.75 Å². The van der Waals surface area contributed by atoms with Gasteiger partial charge in [0.25, 0.3) is 0 Å². The Morgan fingerprint density at radius 2 is 1.95 bits per heavy atom. The van der Waals surface area contributed by atoms with Crippen molar-refractivity contribution < 1.29 is 17.9 Å². The summed E-state index contributed by atoms with van der Waals surface area (Å²) in [7, 11) is 1.75. The van der Waals surface area contributed by atoms with Crippen molar-refractivity contribution in [3.8, 4) is 5.75 Å². The lowest BCUT2D eigenvalue weighted by Crippen LogP contribution is -2.17. The lowest BCUT2D eigenvalue weighted by Gasteiger charge is -2.10. The number of hydrogen-bond donors (Lipinski definition) is 1. The summed E-state index contributed by atoms with van der Waals surface area (Å²) >= 11 is 0. The smallest absolute Gasteiger partial charge is 0.406 e. The highest BCUT2D eigenvalue weighted by atomic mass is 19.4. The van der Waals surface area contributed by atoms with Crippen LogP contribution in [0.3, 0.4) is 0 Å². The fourth-order valence-corrected chi connectivity index (χ4v) is 1.44. The van der Waals surface area contributed by atoms with E-state index in [1.807, 2.05) is 0 Å². The molecule has 1 N–H and O–H groups in total. The zero-order valence-electron chi connectivity index (χ0n) is 9.98. The normalized spacial score (nSPS) is 11.4. The fraction of sp³-hybridized carbons (Fsp3) is 0.273. The van der Waals surface area contributed by atoms with E-state index in [1.165, 1.54) is 24.3 Å². The van der Waals surface area contributed by atoms with Crippen LogP contribution in [0.15, 0.2) is 30.5 Å². The molecule has 2 aromatic rings. The molecule has 8 heteroatoms. The van der Waals surface area contributed by atoms with Gasteiger partial charge in [-0.25, -0.2) is 0 Å². The first kappa shape index (κ1) is 13.2. The van der Waals surface area contributed by atoms with Gasteiger partial charge in [0.15, 0.2) is 0 Å². The largest absolute Gasteiger partial charge is 0.573 e. The maximum atomic E-state index is 12.0. The number of alkyl halides is 3. The molecule has 1 heterocycles. The van der Waals surface area contributed by atoms with Crippen LogP contribution in [0.2, 0.25) is 0 Å². The minimum atomic E-state index is -4.67. The molecule has 5 nitrogen and oxygen atoms in total. The molecule has 0 saturated carbocycles. The third-order valence-corrected chi connectivity index (χ3v) is 2.37. The summed E-state index contributed by atoms with van der Waals surface area (Å²) in [5, 5.41) is 10.5. The van der Waals surface area contributed by atoms with Crippen LogP contribution in [0.5, 0.6) is 5.75 Å². The average molecular weight is 272 g/mol. The summed E-state index contributed by atoms with van der Waals surface area (Å²) < 4.78 is 41.3. The van der Waals surface area contributed by atoms with Gasteiger partial charge < -0.3 is 10.1 Å². The van der Waals surface area contributed by atoms with Crippen molar-refractivity contribution in [3.05, 3.63) is 36.2 Å². The molecular formula is C11H11F3N4O. The molecule has 0 aliphatic rings. The van der Waals surface area contributed by atoms with Crippen molar-refractivity contribution in [3.63, 3.8) is 0 Å². The van der Waals surface area contributed by atoms with E-state index in [9.17, 15) is 13.2 Å². The van der Waals surface area contributed by atoms with Gasteiger partial charge in [-0.1, -0.05) is 5.21 Å². The van der Waals surface area contributed by atoms with Crippen molar-refractivity contribution in [2.75, 3.05) is 5.32 Å². The number of nitrogens with one attached hydrogen (secondary N) is 1. The third-order valence-electron chi connectivity index (χ3n) is 2.37.